The van der Waals surface area contributed by atoms with Gasteiger partial charge in [0, 0.05) is 14.8 Å². The largest absolute Gasteiger partial charge is 0.497 e. The number of rotatable bonds is 3. The van der Waals surface area contributed by atoms with E-state index in [1.54, 1.807) is 32.2 Å². The van der Waals surface area contributed by atoms with E-state index in [0.717, 1.165) is 9.40 Å². The van der Waals surface area contributed by atoms with Crippen LogP contribution in [0.2, 0.25) is 0 Å². The Morgan fingerprint density at radius 3 is 2.73 bits per heavy atom. The number of hydrogen-bond acceptors (Lipinski definition) is 5. The first-order valence-corrected chi connectivity index (χ1v) is 7.68. The fourth-order valence-electron chi connectivity index (χ4n) is 2.38. The van der Waals surface area contributed by atoms with Crippen LogP contribution >= 0.6 is 11.3 Å². The lowest BCUT2D eigenvalue weighted by Crippen LogP contribution is -2.11. The minimum atomic E-state index is -0.473. The van der Waals surface area contributed by atoms with E-state index in [4.69, 9.17) is 9.47 Å². The van der Waals surface area contributed by atoms with Gasteiger partial charge in [-0.3, -0.25) is 4.79 Å². The van der Waals surface area contributed by atoms with Gasteiger partial charge in [0.2, 0.25) is 0 Å². The molecule has 2 aromatic carbocycles. The van der Waals surface area contributed by atoms with Crippen LogP contribution < -0.4 is 10.2 Å². The minimum absolute atomic E-state index is 0.175. The van der Waals surface area contributed by atoms with Gasteiger partial charge in [0.15, 0.2) is 5.43 Å². The van der Waals surface area contributed by atoms with Crippen molar-refractivity contribution in [1.29, 1.82) is 0 Å². The lowest BCUT2D eigenvalue weighted by molar-refractivity contribution is 0.0528. The van der Waals surface area contributed by atoms with E-state index in [0.29, 0.717) is 22.1 Å². The zero-order chi connectivity index (χ0) is 15.7. The molecule has 0 aliphatic carbocycles. The fourth-order valence-corrected chi connectivity index (χ4v) is 3.47. The highest BCUT2D eigenvalue weighted by molar-refractivity contribution is 7.24. The average Bonchev–Trinajstić information content (AvgIpc) is 2.54. The Bertz CT molecular complexity index is 927. The van der Waals surface area contributed by atoms with Crippen molar-refractivity contribution in [2.75, 3.05) is 13.7 Å². The third kappa shape index (κ3) is 2.33. The quantitative estimate of drug-likeness (QED) is 0.547. The number of esters is 1. The average molecular weight is 314 g/mol. The smallest absolute Gasteiger partial charge is 0.338 e. The van der Waals surface area contributed by atoms with Crippen molar-refractivity contribution >= 4 is 37.5 Å². The van der Waals surface area contributed by atoms with Crippen LogP contribution in [0.4, 0.5) is 0 Å². The first kappa shape index (κ1) is 14.5. The van der Waals surface area contributed by atoms with E-state index < -0.39 is 5.97 Å². The SMILES string of the molecule is CCOC(=O)c1cccc2sc3ccc(OC)cc3c(=O)c12. The second kappa shape index (κ2) is 5.77. The van der Waals surface area contributed by atoms with Crippen molar-refractivity contribution < 1.29 is 14.3 Å². The molecule has 0 atom stereocenters. The van der Waals surface area contributed by atoms with Crippen LogP contribution in [0.25, 0.3) is 20.2 Å². The van der Waals surface area contributed by atoms with E-state index in [9.17, 15) is 9.59 Å². The Kier molecular flexibility index (Phi) is 3.81. The monoisotopic (exact) mass is 314 g/mol. The summed E-state index contributed by atoms with van der Waals surface area (Å²) in [7, 11) is 1.56. The van der Waals surface area contributed by atoms with Gasteiger partial charge in [-0.1, -0.05) is 6.07 Å². The molecule has 1 heterocycles. The lowest BCUT2D eigenvalue weighted by atomic mass is 10.1. The standard InChI is InChI=1S/C17H14O4S/c1-3-21-17(19)11-5-4-6-14-15(11)16(18)12-9-10(20-2)7-8-13(12)22-14/h4-9H,3H2,1-2H3. The minimum Gasteiger partial charge on any atom is -0.497 e. The molecule has 3 aromatic rings. The summed E-state index contributed by atoms with van der Waals surface area (Å²) in [6.45, 7) is 2.01. The van der Waals surface area contributed by atoms with Crippen LogP contribution in [0, 0.1) is 0 Å². The van der Waals surface area contributed by atoms with E-state index in [1.807, 2.05) is 18.2 Å². The Morgan fingerprint density at radius 2 is 2.00 bits per heavy atom. The summed E-state index contributed by atoms with van der Waals surface area (Å²) in [6, 6.07) is 10.6. The van der Waals surface area contributed by atoms with Crippen molar-refractivity contribution in [2.24, 2.45) is 0 Å². The number of ether oxygens (including phenoxy) is 2. The second-order valence-corrected chi connectivity index (χ2v) is 5.78. The number of fused-ring (bicyclic) bond motifs is 2. The van der Waals surface area contributed by atoms with Gasteiger partial charge >= 0.3 is 5.97 Å². The van der Waals surface area contributed by atoms with E-state index in [1.165, 1.54) is 11.3 Å². The molecule has 0 saturated heterocycles. The molecule has 5 heteroatoms. The Hall–Kier alpha value is -2.40. The molecule has 0 bridgehead atoms. The number of carbonyl (C=O) groups excluding carboxylic acids is 1. The van der Waals surface area contributed by atoms with E-state index in [-0.39, 0.29) is 12.0 Å². The number of hydrogen-bond donors (Lipinski definition) is 0. The molecule has 1 aromatic heterocycles. The maximum atomic E-state index is 12.8. The topological polar surface area (TPSA) is 52.6 Å². The number of carbonyl (C=O) groups is 1. The molecule has 0 amide bonds. The molecule has 3 rings (SSSR count). The number of methoxy groups -OCH3 is 1. The van der Waals surface area contributed by atoms with Gasteiger partial charge in [0.25, 0.3) is 0 Å². The zero-order valence-corrected chi connectivity index (χ0v) is 13.0. The predicted octanol–water partition coefficient (Wildman–Crippen LogP) is 3.60. The fraction of sp³-hybridized carbons (Fsp3) is 0.176. The van der Waals surface area contributed by atoms with Gasteiger partial charge in [-0.15, -0.1) is 11.3 Å². The van der Waals surface area contributed by atoms with Crippen LogP contribution in [0.1, 0.15) is 17.3 Å². The summed E-state index contributed by atoms with van der Waals surface area (Å²) >= 11 is 1.47. The lowest BCUT2D eigenvalue weighted by Gasteiger charge is -2.07. The summed E-state index contributed by atoms with van der Waals surface area (Å²) in [5.74, 6) is 0.143. The van der Waals surface area contributed by atoms with E-state index >= 15 is 0 Å². The first-order chi connectivity index (χ1) is 10.7. The summed E-state index contributed by atoms with van der Waals surface area (Å²) in [4.78, 5) is 24.9. The van der Waals surface area contributed by atoms with Gasteiger partial charge in [0.1, 0.15) is 5.75 Å². The van der Waals surface area contributed by atoms with Gasteiger partial charge < -0.3 is 9.47 Å². The van der Waals surface area contributed by atoms with Crippen molar-refractivity contribution in [2.45, 2.75) is 6.92 Å². The Balaban J connectivity index is 2.38. The summed E-state index contributed by atoms with van der Waals surface area (Å²) in [6.07, 6.45) is 0. The van der Waals surface area contributed by atoms with Crippen molar-refractivity contribution in [3.63, 3.8) is 0 Å². The predicted molar refractivity (Wildman–Crippen MR) is 88.1 cm³/mol. The van der Waals surface area contributed by atoms with E-state index in [2.05, 4.69) is 0 Å². The van der Waals surface area contributed by atoms with Gasteiger partial charge in [-0.2, -0.15) is 0 Å². The van der Waals surface area contributed by atoms with Gasteiger partial charge in [-0.05, 0) is 37.3 Å². The second-order valence-electron chi connectivity index (χ2n) is 4.69. The van der Waals surface area contributed by atoms with Crippen LogP contribution in [0.3, 0.4) is 0 Å². The summed E-state index contributed by atoms with van der Waals surface area (Å²) in [5.41, 5.74) is 0.136. The summed E-state index contributed by atoms with van der Waals surface area (Å²) in [5, 5.41) is 0.959. The Morgan fingerprint density at radius 1 is 1.18 bits per heavy atom. The van der Waals surface area contributed by atoms with Crippen LogP contribution in [-0.2, 0) is 4.74 Å². The molecule has 0 fully saturated rings. The highest BCUT2D eigenvalue weighted by Gasteiger charge is 2.16. The highest BCUT2D eigenvalue weighted by atomic mass is 32.1. The Labute approximate surface area is 130 Å². The van der Waals surface area contributed by atoms with Gasteiger partial charge in [-0.25, -0.2) is 4.79 Å². The molecular weight excluding hydrogens is 300 g/mol. The molecule has 0 radical (unpaired) electrons. The highest BCUT2D eigenvalue weighted by Crippen LogP contribution is 2.29. The molecule has 0 spiro atoms. The van der Waals surface area contributed by atoms with Crippen LogP contribution in [0.5, 0.6) is 5.75 Å². The third-order valence-corrected chi connectivity index (χ3v) is 4.54. The molecule has 4 nitrogen and oxygen atoms in total. The third-order valence-electron chi connectivity index (χ3n) is 3.40. The summed E-state index contributed by atoms with van der Waals surface area (Å²) < 4.78 is 11.9. The number of benzene rings is 2. The maximum Gasteiger partial charge on any atom is 0.338 e. The van der Waals surface area contributed by atoms with Crippen LogP contribution in [-0.4, -0.2) is 19.7 Å². The molecule has 0 unspecified atom stereocenters. The van der Waals surface area contributed by atoms with Crippen molar-refractivity contribution in [1.82, 2.24) is 0 Å². The molecule has 0 aliphatic rings. The normalized spacial score (nSPS) is 10.8. The van der Waals surface area contributed by atoms with Gasteiger partial charge in [0.05, 0.1) is 24.7 Å². The van der Waals surface area contributed by atoms with Crippen LogP contribution in [0.15, 0.2) is 41.2 Å². The van der Waals surface area contributed by atoms with Crippen molar-refractivity contribution in [3.05, 3.63) is 52.2 Å². The molecular formula is C17H14O4S. The molecule has 22 heavy (non-hydrogen) atoms. The zero-order valence-electron chi connectivity index (χ0n) is 12.2. The first-order valence-electron chi connectivity index (χ1n) is 6.86. The molecule has 0 saturated carbocycles. The molecule has 0 aliphatic heterocycles. The molecule has 0 N–H and O–H groups in total. The van der Waals surface area contributed by atoms with Crippen molar-refractivity contribution in [3.8, 4) is 5.75 Å². The maximum absolute atomic E-state index is 12.8. The molecule has 112 valence electrons.